The molecule has 0 fully saturated rings. The normalized spacial score (nSPS) is 12.0. The molecule has 3 rings (SSSR count). The van der Waals surface area contributed by atoms with E-state index >= 15 is 0 Å². The molecule has 0 aliphatic rings. The summed E-state index contributed by atoms with van der Waals surface area (Å²) in [7, 11) is 0. The average molecular weight is 318 g/mol. The summed E-state index contributed by atoms with van der Waals surface area (Å²) in [6, 6.07) is 23.4. The van der Waals surface area contributed by atoms with Crippen molar-refractivity contribution in [1.29, 1.82) is 0 Å². The molecule has 2 heteroatoms. The second-order valence-corrected chi connectivity index (χ2v) is 6.10. The highest BCUT2D eigenvalue weighted by Gasteiger charge is 2.13. The van der Waals surface area contributed by atoms with Gasteiger partial charge in [0.05, 0.1) is 0 Å². The highest BCUT2D eigenvalue weighted by atomic mass is 16.3. The van der Waals surface area contributed by atoms with Gasteiger partial charge >= 0.3 is 0 Å². The molecule has 0 saturated carbocycles. The maximum atomic E-state index is 9.50. The van der Waals surface area contributed by atoms with Gasteiger partial charge in [0, 0.05) is 5.92 Å². The number of hydrogen-bond donors (Lipinski definition) is 2. The van der Waals surface area contributed by atoms with Crippen LogP contribution in [0.5, 0.6) is 11.5 Å². The minimum absolute atomic E-state index is 0.283. The lowest BCUT2D eigenvalue weighted by molar-refractivity contribution is 0.474. The summed E-state index contributed by atoms with van der Waals surface area (Å²) < 4.78 is 0. The van der Waals surface area contributed by atoms with Gasteiger partial charge in [0.15, 0.2) is 0 Å². The van der Waals surface area contributed by atoms with E-state index < -0.39 is 0 Å². The zero-order valence-corrected chi connectivity index (χ0v) is 13.8. The fourth-order valence-electron chi connectivity index (χ4n) is 3.08. The Morgan fingerprint density at radius 2 is 1.00 bits per heavy atom. The molecule has 0 saturated heterocycles. The van der Waals surface area contributed by atoms with Gasteiger partial charge in [-0.2, -0.15) is 0 Å². The molecule has 2 N–H and O–H groups in total. The first-order valence-corrected chi connectivity index (χ1v) is 8.35. The van der Waals surface area contributed by atoms with E-state index in [9.17, 15) is 10.2 Å². The Balaban J connectivity index is 1.89. The number of hydrogen-bond acceptors (Lipinski definition) is 2. The molecule has 0 aliphatic carbocycles. The van der Waals surface area contributed by atoms with Crippen LogP contribution in [0.4, 0.5) is 0 Å². The molecule has 122 valence electrons. The first-order chi connectivity index (χ1) is 11.7. The number of phenols is 2. The molecule has 1 unspecified atom stereocenters. The van der Waals surface area contributed by atoms with Crippen molar-refractivity contribution in [3.05, 3.63) is 83.9 Å². The molecule has 3 aromatic rings. The van der Waals surface area contributed by atoms with Gasteiger partial charge in [-0.15, -0.1) is 0 Å². The summed E-state index contributed by atoms with van der Waals surface area (Å²) in [6.45, 7) is 2.19. The van der Waals surface area contributed by atoms with Crippen LogP contribution in [0.2, 0.25) is 0 Å². The van der Waals surface area contributed by atoms with E-state index in [0.29, 0.717) is 11.7 Å². The van der Waals surface area contributed by atoms with Crippen molar-refractivity contribution in [2.45, 2.75) is 25.7 Å². The Kier molecular flexibility index (Phi) is 4.85. The topological polar surface area (TPSA) is 40.5 Å². The van der Waals surface area contributed by atoms with E-state index in [0.717, 1.165) is 24.0 Å². The summed E-state index contributed by atoms with van der Waals surface area (Å²) in [5, 5.41) is 18.9. The van der Waals surface area contributed by atoms with E-state index in [1.54, 1.807) is 24.3 Å². The molecule has 0 amide bonds. The Hall–Kier alpha value is -2.74. The average Bonchev–Trinajstić information content (AvgIpc) is 2.62. The molecule has 1 atom stereocenters. The van der Waals surface area contributed by atoms with Crippen LogP contribution >= 0.6 is 0 Å². The fraction of sp³-hybridized carbons (Fsp3) is 0.182. The molecule has 0 spiro atoms. The molecule has 24 heavy (non-hydrogen) atoms. The minimum atomic E-state index is 0.283. The largest absolute Gasteiger partial charge is 0.508 e. The Morgan fingerprint density at radius 3 is 1.46 bits per heavy atom. The molecule has 0 heterocycles. The van der Waals surface area contributed by atoms with Gasteiger partial charge in [0.2, 0.25) is 0 Å². The van der Waals surface area contributed by atoms with Crippen molar-refractivity contribution in [1.82, 2.24) is 0 Å². The number of rotatable bonds is 5. The van der Waals surface area contributed by atoms with Gasteiger partial charge in [-0.3, -0.25) is 0 Å². The molecule has 2 nitrogen and oxygen atoms in total. The van der Waals surface area contributed by atoms with Gasteiger partial charge in [0.1, 0.15) is 11.5 Å². The fourth-order valence-corrected chi connectivity index (χ4v) is 3.08. The van der Waals surface area contributed by atoms with Crippen molar-refractivity contribution >= 4 is 0 Å². The van der Waals surface area contributed by atoms with E-state index in [1.807, 2.05) is 24.3 Å². The van der Waals surface area contributed by atoms with Gasteiger partial charge in [0.25, 0.3) is 0 Å². The third-order valence-electron chi connectivity index (χ3n) is 4.39. The van der Waals surface area contributed by atoms with E-state index in [-0.39, 0.29) is 5.75 Å². The van der Waals surface area contributed by atoms with Crippen LogP contribution in [-0.4, -0.2) is 10.2 Å². The van der Waals surface area contributed by atoms with E-state index in [4.69, 9.17) is 0 Å². The van der Waals surface area contributed by atoms with Crippen LogP contribution in [0, 0.1) is 0 Å². The third-order valence-corrected chi connectivity index (χ3v) is 4.39. The molecular weight excluding hydrogens is 296 g/mol. The lowest BCUT2D eigenvalue weighted by Gasteiger charge is -2.18. The van der Waals surface area contributed by atoms with Crippen molar-refractivity contribution < 1.29 is 10.2 Å². The zero-order valence-electron chi connectivity index (χ0n) is 13.8. The maximum absolute atomic E-state index is 9.50. The lowest BCUT2D eigenvalue weighted by atomic mass is 9.87. The van der Waals surface area contributed by atoms with Gasteiger partial charge in [-0.1, -0.05) is 61.9 Å². The second kappa shape index (κ2) is 7.22. The first-order valence-electron chi connectivity index (χ1n) is 8.35. The Morgan fingerprint density at radius 1 is 0.625 bits per heavy atom. The molecule has 3 aromatic carbocycles. The van der Waals surface area contributed by atoms with Crippen molar-refractivity contribution in [2.24, 2.45) is 0 Å². The van der Waals surface area contributed by atoms with Crippen molar-refractivity contribution in [3.63, 3.8) is 0 Å². The summed E-state index contributed by atoms with van der Waals surface area (Å²) >= 11 is 0. The molecule has 0 aliphatic heterocycles. The smallest absolute Gasteiger partial charge is 0.115 e. The summed E-state index contributed by atoms with van der Waals surface area (Å²) in [4.78, 5) is 0. The standard InChI is InChI=1S/C22H22O2/c1-2-3-22(19-10-14-21(24)15-11-19)18-6-4-16(5-7-18)17-8-12-20(23)13-9-17/h4-15,22-24H,2-3H2,1H3. The van der Waals surface area contributed by atoms with Crippen molar-refractivity contribution in [2.75, 3.05) is 0 Å². The predicted molar refractivity (Wildman–Crippen MR) is 98.4 cm³/mol. The molecular formula is C22H22O2. The summed E-state index contributed by atoms with van der Waals surface area (Å²) in [5.74, 6) is 0.923. The minimum Gasteiger partial charge on any atom is -0.508 e. The SMILES string of the molecule is CCCC(c1ccc(O)cc1)c1ccc(-c2ccc(O)cc2)cc1. The monoisotopic (exact) mass is 318 g/mol. The maximum Gasteiger partial charge on any atom is 0.115 e. The zero-order chi connectivity index (χ0) is 16.9. The number of phenolic OH excluding ortho intramolecular Hbond substituents is 2. The first kappa shape index (κ1) is 16.1. The quantitative estimate of drug-likeness (QED) is 0.634. The summed E-state index contributed by atoms with van der Waals surface area (Å²) in [5.41, 5.74) is 4.74. The molecule has 0 bridgehead atoms. The predicted octanol–water partition coefficient (Wildman–Crippen LogP) is 5.70. The van der Waals surface area contributed by atoms with Crippen LogP contribution in [0.15, 0.2) is 72.8 Å². The van der Waals surface area contributed by atoms with Crippen LogP contribution in [0.1, 0.15) is 36.8 Å². The van der Waals surface area contributed by atoms with Gasteiger partial charge < -0.3 is 10.2 Å². The Labute approximate surface area is 143 Å². The number of aromatic hydroxyl groups is 2. The van der Waals surface area contributed by atoms with E-state index in [1.165, 1.54) is 11.1 Å². The van der Waals surface area contributed by atoms with E-state index in [2.05, 4.69) is 31.2 Å². The highest BCUT2D eigenvalue weighted by molar-refractivity contribution is 5.64. The third kappa shape index (κ3) is 3.60. The van der Waals surface area contributed by atoms with Gasteiger partial charge in [-0.05, 0) is 52.9 Å². The van der Waals surface area contributed by atoms with Crippen LogP contribution in [0.3, 0.4) is 0 Å². The summed E-state index contributed by atoms with van der Waals surface area (Å²) in [6.07, 6.45) is 2.18. The Bertz CT molecular complexity index is 772. The lowest BCUT2D eigenvalue weighted by Crippen LogP contribution is -2.00. The van der Waals surface area contributed by atoms with Crippen LogP contribution < -0.4 is 0 Å². The van der Waals surface area contributed by atoms with Crippen molar-refractivity contribution in [3.8, 4) is 22.6 Å². The molecule has 0 aromatic heterocycles. The highest BCUT2D eigenvalue weighted by Crippen LogP contribution is 2.32. The molecule has 0 radical (unpaired) electrons. The van der Waals surface area contributed by atoms with Gasteiger partial charge in [-0.25, -0.2) is 0 Å². The second-order valence-electron chi connectivity index (χ2n) is 6.10. The number of benzene rings is 3. The van der Waals surface area contributed by atoms with Crippen LogP contribution in [-0.2, 0) is 0 Å². The van der Waals surface area contributed by atoms with Crippen LogP contribution in [0.25, 0.3) is 11.1 Å².